The number of aryl methyl sites for hydroxylation is 1. The van der Waals surface area contributed by atoms with Crippen molar-refractivity contribution in [2.24, 2.45) is 11.8 Å². The van der Waals surface area contributed by atoms with Gasteiger partial charge in [-0.05, 0) is 56.9 Å². The van der Waals surface area contributed by atoms with Crippen molar-refractivity contribution in [3.63, 3.8) is 0 Å². The fraction of sp³-hybridized carbons (Fsp3) is 0.619. The van der Waals surface area contributed by atoms with Gasteiger partial charge < -0.3 is 15.2 Å². The summed E-state index contributed by atoms with van der Waals surface area (Å²) >= 11 is 0. The largest absolute Gasteiger partial charge is 0.389 e. The number of carbonyl (C=O) groups excluding carboxylic acids is 1. The third kappa shape index (κ3) is 3.05. The number of aliphatic hydroxyl groups excluding tert-OH is 1. The second-order valence-corrected chi connectivity index (χ2v) is 8.65. The molecule has 2 aromatic heterocycles. The second kappa shape index (κ2) is 6.88. The number of rotatable bonds is 4. The quantitative estimate of drug-likeness (QED) is 0.757. The van der Waals surface area contributed by atoms with Gasteiger partial charge in [0, 0.05) is 24.2 Å². The number of ketones is 1. The van der Waals surface area contributed by atoms with Crippen molar-refractivity contribution < 1.29 is 14.6 Å². The summed E-state index contributed by atoms with van der Waals surface area (Å²) in [6.45, 7) is 4.08. The Labute approximate surface area is 168 Å². The highest BCUT2D eigenvalue weighted by molar-refractivity contribution is 5.99. The molecule has 0 bridgehead atoms. The smallest absolute Gasteiger partial charge is 0.263 e. The van der Waals surface area contributed by atoms with Gasteiger partial charge in [-0.15, -0.1) is 0 Å². The predicted octanol–water partition coefficient (Wildman–Crippen LogP) is 1.84. The minimum atomic E-state index is -0.630. The Morgan fingerprint density at radius 3 is 2.83 bits per heavy atom. The van der Waals surface area contributed by atoms with Gasteiger partial charge in [-0.25, -0.2) is 4.98 Å². The van der Waals surface area contributed by atoms with Gasteiger partial charge in [-0.2, -0.15) is 4.98 Å². The monoisotopic (exact) mass is 398 g/mol. The molecule has 1 aliphatic heterocycles. The zero-order chi connectivity index (χ0) is 20.3. The van der Waals surface area contributed by atoms with Crippen LogP contribution in [0.2, 0.25) is 0 Å². The number of anilines is 1. The first-order valence-electron chi connectivity index (χ1n) is 10.4. The number of pyridine rings is 1. The molecule has 2 saturated carbocycles. The highest BCUT2D eigenvalue weighted by atomic mass is 16.5. The number of fused-ring (bicyclic) bond motifs is 2. The Morgan fingerprint density at radius 2 is 2.17 bits per heavy atom. The van der Waals surface area contributed by atoms with E-state index < -0.39 is 6.10 Å². The van der Waals surface area contributed by atoms with Crippen LogP contribution in [0, 0.1) is 18.8 Å². The standard InChI is InChI=1S/C21H26N4O4/c1-10-14-8-22-21(23-15-5-6-29-9-17(15)27)24-19(14)25(20(28)18(10)11(2)26)16-4-3-12-7-13(12)16/h8,12-13,15-17,27H,3-7,9H2,1-2H3,(H,22,23,24)/t12?,13-,15-,16+,17-/m1/s1. The van der Waals surface area contributed by atoms with Crippen LogP contribution in [0.3, 0.4) is 0 Å². The van der Waals surface area contributed by atoms with Gasteiger partial charge in [-0.3, -0.25) is 14.2 Å². The number of aliphatic hydroxyl groups is 1. The maximum absolute atomic E-state index is 13.4. The van der Waals surface area contributed by atoms with Gasteiger partial charge in [0.05, 0.1) is 24.3 Å². The van der Waals surface area contributed by atoms with Crippen LogP contribution >= 0.6 is 0 Å². The maximum Gasteiger partial charge on any atom is 0.263 e. The summed E-state index contributed by atoms with van der Waals surface area (Å²) in [6.07, 6.45) is 4.92. The molecule has 0 spiro atoms. The first-order valence-corrected chi connectivity index (χ1v) is 10.4. The van der Waals surface area contributed by atoms with Gasteiger partial charge in [-0.1, -0.05) is 0 Å². The molecule has 29 heavy (non-hydrogen) atoms. The summed E-state index contributed by atoms with van der Waals surface area (Å²) in [5.74, 6) is 1.36. The Balaban J connectivity index is 1.64. The fourth-order valence-corrected chi connectivity index (χ4v) is 5.18. The predicted molar refractivity (Wildman–Crippen MR) is 107 cm³/mol. The molecule has 154 valence electrons. The van der Waals surface area contributed by atoms with Gasteiger partial charge >= 0.3 is 0 Å². The maximum atomic E-state index is 13.4. The Kier molecular flexibility index (Phi) is 4.43. The van der Waals surface area contributed by atoms with Crippen LogP contribution in [0.5, 0.6) is 0 Å². The molecular weight excluding hydrogens is 372 g/mol. The molecule has 1 saturated heterocycles. The third-order valence-corrected chi connectivity index (χ3v) is 6.84. The van der Waals surface area contributed by atoms with Crippen molar-refractivity contribution in [2.45, 2.75) is 57.7 Å². The molecule has 3 aliphatic rings. The molecule has 8 nitrogen and oxygen atoms in total. The molecular formula is C21H26N4O4. The third-order valence-electron chi connectivity index (χ3n) is 6.84. The first kappa shape index (κ1) is 18.7. The zero-order valence-corrected chi connectivity index (χ0v) is 16.7. The number of hydrogen-bond acceptors (Lipinski definition) is 7. The van der Waals surface area contributed by atoms with Crippen LogP contribution in [0.1, 0.15) is 54.6 Å². The van der Waals surface area contributed by atoms with E-state index in [0.29, 0.717) is 42.0 Å². The summed E-state index contributed by atoms with van der Waals surface area (Å²) in [6, 6.07) is -0.108. The van der Waals surface area contributed by atoms with Crippen LogP contribution < -0.4 is 10.9 Å². The lowest BCUT2D eigenvalue weighted by Crippen LogP contribution is -2.42. The summed E-state index contributed by atoms with van der Waals surface area (Å²) < 4.78 is 7.04. The van der Waals surface area contributed by atoms with Crippen molar-refractivity contribution in [1.29, 1.82) is 0 Å². The molecule has 8 heteroatoms. The molecule has 5 atom stereocenters. The normalized spacial score (nSPS) is 30.9. The van der Waals surface area contributed by atoms with Crippen molar-refractivity contribution in [2.75, 3.05) is 18.5 Å². The van der Waals surface area contributed by atoms with Gasteiger partial charge in [0.25, 0.3) is 5.56 Å². The lowest BCUT2D eigenvalue weighted by Gasteiger charge is -2.28. The molecule has 2 N–H and O–H groups in total. The Hall–Kier alpha value is -2.32. The topological polar surface area (TPSA) is 106 Å². The van der Waals surface area contributed by atoms with E-state index in [9.17, 15) is 14.7 Å². The van der Waals surface area contributed by atoms with Gasteiger partial charge in [0.15, 0.2) is 5.78 Å². The van der Waals surface area contributed by atoms with Crippen LogP contribution in [-0.2, 0) is 4.74 Å². The molecule has 0 amide bonds. The average molecular weight is 398 g/mol. The number of nitrogens with zero attached hydrogens (tertiary/aromatic N) is 3. The minimum absolute atomic E-state index is 0.0881. The summed E-state index contributed by atoms with van der Waals surface area (Å²) in [5, 5.41) is 14.1. The number of aromatic nitrogens is 3. The molecule has 2 aliphatic carbocycles. The van der Waals surface area contributed by atoms with Crippen molar-refractivity contribution in [3.05, 3.63) is 27.7 Å². The van der Waals surface area contributed by atoms with E-state index in [1.54, 1.807) is 17.7 Å². The van der Waals surface area contributed by atoms with E-state index in [1.165, 1.54) is 6.92 Å². The molecule has 2 aromatic rings. The molecule has 1 unspecified atom stereocenters. The number of nitrogens with one attached hydrogen (secondary N) is 1. The fourth-order valence-electron chi connectivity index (χ4n) is 5.18. The minimum Gasteiger partial charge on any atom is -0.389 e. The van der Waals surface area contributed by atoms with Gasteiger partial charge in [0.2, 0.25) is 5.95 Å². The Bertz CT molecular complexity index is 1050. The highest BCUT2D eigenvalue weighted by Crippen LogP contribution is 2.57. The van der Waals surface area contributed by atoms with Crippen LogP contribution in [0.4, 0.5) is 5.95 Å². The molecule has 3 fully saturated rings. The zero-order valence-electron chi connectivity index (χ0n) is 16.7. The second-order valence-electron chi connectivity index (χ2n) is 8.65. The molecule has 0 aromatic carbocycles. The van der Waals surface area contributed by atoms with E-state index in [1.807, 2.05) is 0 Å². The summed E-state index contributed by atoms with van der Waals surface area (Å²) in [4.78, 5) is 34.7. The van der Waals surface area contributed by atoms with Crippen LogP contribution in [0.25, 0.3) is 11.0 Å². The SMILES string of the molecule is CC(=O)c1c(C)c2cnc(N[C@@H]3CCOC[C@H]3O)nc2n([C@H]2CCC3C[C@H]32)c1=O. The number of ether oxygens (including phenoxy) is 1. The van der Waals surface area contributed by atoms with Gasteiger partial charge in [0.1, 0.15) is 5.65 Å². The molecule has 5 rings (SSSR count). The van der Waals surface area contributed by atoms with Crippen LogP contribution in [-0.4, -0.2) is 50.8 Å². The number of hydrogen-bond donors (Lipinski definition) is 2. The van der Waals surface area contributed by atoms with Crippen molar-refractivity contribution >= 4 is 22.8 Å². The van der Waals surface area contributed by atoms with E-state index in [4.69, 9.17) is 9.72 Å². The molecule has 3 heterocycles. The summed E-state index contributed by atoms with van der Waals surface area (Å²) in [7, 11) is 0. The number of carbonyl (C=O) groups is 1. The lowest BCUT2D eigenvalue weighted by molar-refractivity contribution is -0.0136. The van der Waals surface area contributed by atoms with E-state index in [0.717, 1.165) is 24.6 Å². The van der Waals surface area contributed by atoms with E-state index in [2.05, 4.69) is 10.3 Å². The molecule has 0 radical (unpaired) electrons. The van der Waals surface area contributed by atoms with E-state index in [-0.39, 0.29) is 35.6 Å². The first-order chi connectivity index (χ1) is 14.0. The average Bonchev–Trinajstić information content (AvgIpc) is 3.35. The van der Waals surface area contributed by atoms with Crippen LogP contribution in [0.15, 0.2) is 11.0 Å². The highest BCUT2D eigenvalue weighted by Gasteiger charge is 2.49. The summed E-state index contributed by atoms with van der Waals surface area (Å²) in [5.41, 5.74) is 1.22. The van der Waals surface area contributed by atoms with Crippen molar-refractivity contribution in [3.8, 4) is 0 Å². The number of Topliss-reactive ketones (excluding diaryl/α,β-unsaturated/α-hetero) is 1. The van der Waals surface area contributed by atoms with E-state index >= 15 is 0 Å². The van der Waals surface area contributed by atoms with Crippen molar-refractivity contribution in [1.82, 2.24) is 14.5 Å². The lowest BCUT2D eigenvalue weighted by atomic mass is 10.0. The Morgan fingerprint density at radius 1 is 1.34 bits per heavy atom.